The lowest BCUT2D eigenvalue weighted by Crippen LogP contribution is -2.39. The van der Waals surface area contributed by atoms with Crippen molar-refractivity contribution in [3.63, 3.8) is 0 Å². The number of carbonyl (C=O) groups is 1. The van der Waals surface area contributed by atoms with Crippen molar-refractivity contribution in [2.75, 3.05) is 0 Å². The van der Waals surface area contributed by atoms with Gasteiger partial charge in [-0.2, -0.15) is 0 Å². The normalized spacial score (nSPS) is 10.6. The van der Waals surface area contributed by atoms with Gasteiger partial charge in [-0.25, -0.2) is 9.18 Å². The van der Waals surface area contributed by atoms with Gasteiger partial charge in [0, 0.05) is 25.9 Å². The van der Waals surface area contributed by atoms with E-state index in [0.29, 0.717) is 5.56 Å². The molecule has 0 aliphatic heterocycles. The molecule has 0 spiro atoms. The van der Waals surface area contributed by atoms with E-state index >= 15 is 0 Å². The molecule has 20 heavy (non-hydrogen) atoms. The number of aryl methyl sites for hydroxylation is 2. The summed E-state index contributed by atoms with van der Waals surface area (Å²) in [6, 6.07) is 3.79. The van der Waals surface area contributed by atoms with Crippen molar-refractivity contribution >= 4 is 5.78 Å². The number of halogens is 1. The van der Waals surface area contributed by atoms with Gasteiger partial charge in [0.2, 0.25) is 0 Å². The zero-order valence-electron chi connectivity index (χ0n) is 11.3. The van der Waals surface area contributed by atoms with Gasteiger partial charge in [-0.15, -0.1) is 0 Å². The van der Waals surface area contributed by atoms with Crippen molar-refractivity contribution < 1.29 is 9.18 Å². The summed E-state index contributed by atoms with van der Waals surface area (Å²) in [7, 11) is 2.73. The second kappa shape index (κ2) is 4.88. The van der Waals surface area contributed by atoms with Crippen molar-refractivity contribution in [1.29, 1.82) is 0 Å². The van der Waals surface area contributed by atoms with Crippen molar-refractivity contribution in [3.05, 3.63) is 67.7 Å². The highest BCUT2D eigenvalue weighted by atomic mass is 19.1. The van der Waals surface area contributed by atoms with Crippen LogP contribution in [-0.4, -0.2) is 14.9 Å². The molecule has 0 aliphatic carbocycles. The van der Waals surface area contributed by atoms with Crippen LogP contribution >= 0.6 is 0 Å². The predicted octanol–water partition coefficient (Wildman–Crippen LogP) is 0.763. The molecule has 1 aromatic heterocycles. The Kier molecular flexibility index (Phi) is 3.40. The second-order valence-corrected chi connectivity index (χ2v) is 4.59. The molecule has 1 heterocycles. The molecule has 0 fully saturated rings. The Labute approximate surface area is 113 Å². The molecule has 0 saturated heterocycles. The predicted molar refractivity (Wildman–Crippen MR) is 71.5 cm³/mol. The number of carbonyl (C=O) groups excluding carboxylic acids is 1. The number of benzene rings is 1. The van der Waals surface area contributed by atoms with Gasteiger partial charge in [0.15, 0.2) is 5.78 Å². The number of nitrogens with zero attached hydrogens (tertiary/aromatic N) is 2. The van der Waals surface area contributed by atoms with Crippen LogP contribution in [0.5, 0.6) is 0 Å². The molecule has 0 unspecified atom stereocenters. The van der Waals surface area contributed by atoms with Crippen LogP contribution < -0.4 is 11.2 Å². The van der Waals surface area contributed by atoms with Crippen LogP contribution in [0, 0.1) is 12.7 Å². The smallest absolute Gasteiger partial charge is 0.303 e. The Bertz CT molecular complexity index is 818. The molecule has 2 aromatic rings. The summed E-state index contributed by atoms with van der Waals surface area (Å²) in [6.07, 6.45) is 1.18. The van der Waals surface area contributed by atoms with Gasteiger partial charge in [-0.05, 0) is 24.6 Å². The van der Waals surface area contributed by atoms with E-state index in [0.717, 1.165) is 15.2 Å². The summed E-state index contributed by atoms with van der Waals surface area (Å²) in [5.74, 6) is -1.15. The molecular formula is C14H13FN2O3. The summed E-state index contributed by atoms with van der Waals surface area (Å²) >= 11 is 0. The Morgan fingerprint density at radius 3 is 2.45 bits per heavy atom. The van der Waals surface area contributed by atoms with Gasteiger partial charge in [0.25, 0.3) is 5.56 Å². The van der Waals surface area contributed by atoms with Crippen LogP contribution in [0.2, 0.25) is 0 Å². The Hall–Kier alpha value is -2.50. The number of aromatic nitrogens is 2. The molecular weight excluding hydrogens is 263 g/mol. The maximum atomic E-state index is 13.3. The lowest BCUT2D eigenvalue weighted by atomic mass is 10.0. The van der Waals surface area contributed by atoms with E-state index < -0.39 is 22.8 Å². The highest BCUT2D eigenvalue weighted by molar-refractivity contribution is 6.09. The van der Waals surface area contributed by atoms with E-state index in [4.69, 9.17) is 0 Å². The number of hydrogen-bond donors (Lipinski definition) is 0. The van der Waals surface area contributed by atoms with Crippen LogP contribution in [0.4, 0.5) is 4.39 Å². The molecule has 0 radical (unpaired) electrons. The SMILES string of the molecule is Cc1ccc(F)cc1C(=O)c1cn(C)c(=O)n(C)c1=O. The van der Waals surface area contributed by atoms with E-state index in [-0.39, 0.29) is 11.1 Å². The summed E-state index contributed by atoms with van der Waals surface area (Å²) in [5.41, 5.74) is -0.708. The maximum absolute atomic E-state index is 13.3. The lowest BCUT2D eigenvalue weighted by molar-refractivity contribution is 0.103. The maximum Gasteiger partial charge on any atom is 0.330 e. The number of ketones is 1. The zero-order chi connectivity index (χ0) is 15.0. The van der Waals surface area contributed by atoms with Gasteiger partial charge in [-0.1, -0.05) is 6.07 Å². The molecule has 6 heteroatoms. The summed E-state index contributed by atoms with van der Waals surface area (Å²) in [4.78, 5) is 35.9. The molecule has 5 nitrogen and oxygen atoms in total. The minimum atomic E-state index is -0.693. The first kappa shape index (κ1) is 13.9. The standard InChI is InChI=1S/C14H13FN2O3/c1-8-4-5-9(15)6-10(8)12(18)11-7-16(2)14(20)17(3)13(11)19/h4-7H,1-3H3. The van der Waals surface area contributed by atoms with Crippen molar-refractivity contribution in [2.45, 2.75) is 6.92 Å². The molecule has 0 atom stereocenters. The van der Waals surface area contributed by atoms with Crippen LogP contribution in [0.15, 0.2) is 34.0 Å². The van der Waals surface area contributed by atoms with Crippen molar-refractivity contribution in [3.8, 4) is 0 Å². The summed E-state index contributed by atoms with van der Waals surface area (Å²) in [5, 5.41) is 0. The Morgan fingerprint density at radius 2 is 1.80 bits per heavy atom. The molecule has 0 saturated carbocycles. The third-order valence-corrected chi connectivity index (χ3v) is 3.14. The van der Waals surface area contributed by atoms with E-state index in [9.17, 15) is 18.8 Å². The fraction of sp³-hybridized carbons (Fsp3) is 0.214. The van der Waals surface area contributed by atoms with E-state index in [2.05, 4.69) is 0 Å². The molecule has 2 rings (SSSR count). The van der Waals surface area contributed by atoms with Crippen molar-refractivity contribution in [2.24, 2.45) is 14.1 Å². The summed E-state index contributed by atoms with van der Waals surface area (Å²) < 4.78 is 15.2. The van der Waals surface area contributed by atoms with E-state index in [1.165, 1.54) is 32.4 Å². The molecule has 104 valence electrons. The third kappa shape index (κ3) is 2.20. The molecule has 1 aromatic carbocycles. The first-order valence-electron chi connectivity index (χ1n) is 5.90. The zero-order valence-corrected chi connectivity index (χ0v) is 11.3. The van der Waals surface area contributed by atoms with Crippen LogP contribution in [0.1, 0.15) is 21.5 Å². The van der Waals surface area contributed by atoms with Crippen molar-refractivity contribution in [1.82, 2.24) is 9.13 Å². The van der Waals surface area contributed by atoms with Gasteiger partial charge in [-0.3, -0.25) is 14.2 Å². The van der Waals surface area contributed by atoms with Gasteiger partial charge in [0.05, 0.1) is 0 Å². The molecule has 0 N–H and O–H groups in total. The highest BCUT2D eigenvalue weighted by Crippen LogP contribution is 2.13. The minimum absolute atomic E-state index is 0.112. The van der Waals surface area contributed by atoms with E-state index in [1.807, 2.05) is 0 Å². The lowest BCUT2D eigenvalue weighted by Gasteiger charge is -2.08. The Balaban J connectivity index is 2.69. The monoisotopic (exact) mass is 276 g/mol. The third-order valence-electron chi connectivity index (χ3n) is 3.14. The van der Waals surface area contributed by atoms with Gasteiger partial charge < -0.3 is 4.57 Å². The number of rotatable bonds is 2. The van der Waals surface area contributed by atoms with E-state index in [1.54, 1.807) is 6.92 Å². The quantitative estimate of drug-likeness (QED) is 0.761. The average Bonchev–Trinajstić information content (AvgIpc) is 2.42. The van der Waals surface area contributed by atoms with Gasteiger partial charge in [0.1, 0.15) is 11.4 Å². The molecule has 0 bridgehead atoms. The Morgan fingerprint density at radius 1 is 1.15 bits per heavy atom. The largest absolute Gasteiger partial charge is 0.330 e. The fourth-order valence-electron chi connectivity index (χ4n) is 1.95. The summed E-state index contributed by atoms with van der Waals surface area (Å²) in [6.45, 7) is 1.65. The van der Waals surface area contributed by atoms with Crippen LogP contribution in [0.25, 0.3) is 0 Å². The number of hydrogen-bond acceptors (Lipinski definition) is 3. The highest BCUT2D eigenvalue weighted by Gasteiger charge is 2.18. The minimum Gasteiger partial charge on any atom is -0.303 e. The fourth-order valence-corrected chi connectivity index (χ4v) is 1.95. The molecule has 0 aliphatic rings. The topological polar surface area (TPSA) is 61.1 Å². The first-order chi connectivity index (χ1) is 9.32. The average molecular weight is 276 g/mol. The van der Waals surface area contributed by atoms with Gasteiger partial charge >= 0.3 is 5.69 Å². The second-order valence-electron chi connectivity index (χ2n) is 4.59. The van der Waals surface area contributed by atoms with Crippen LogP contribution in [-0.2, 0) is 14.1 Å². The van der Waals surface area contributed by atoms with Crippen LogP contribution in [0.3, 0.4) is 0 Å². The first-order valence-corrected chi connectivity index (χ1v) is 5.90. The molecule has 0 amide bonds.